The van der Waals surface area contributed by atoms with Gasteiger partial charge in [-0.2, -0.15) is 5.01 Å². The minimum atomic E-state index is -0.331. The molecule has 0 amide bonds. The Bertz CT molecular complexity index is 904. The molecule has 5 rings (SSSR count). The predicted octanol–water partition coefficient (Wildman–Crippen LogP) is 4.84. The first-order valence-electron chi connectivity index (χ1n) is 10.2. The van der Waals surface area contributed by atoms with Crippen molar-refractivity contribution in [1.29, 1.82) is 0 Å². The maximum absolute atomic E-state index is 6.69. The number of nitrogens with one attached hydrogen (secondary N) is 1. The van der Waals surface area contributed by atoms with Gasteiger partial charge in [-0.15, -0.1) is 0 Å². The number of fused-ring (bicyclic) bond motifs is 4. The fourth-order valence-electron chi connectivity index (χ4n) is 4.74. The van der Waals surface area contributed by atoms with Crippen LogP contribution in [0.4, 0.5) is 0 Å². The molecule has 0 aliphatic carbocycles. The average Bonchev–Trinajstić information content (AvgIpc) is 3.17. The molecule has 3 aliphatic rings. The maximum atomic E-state index is 6.69. The van der Waals surface area contributed by atoms with E-state index in [1.165, 1.54) is 12.0 Å². The lowest BCUT2D eigenvalue weighted by molar-refractivity contribution is -0.159. The molecule has 1 N–H and O–H groups in total. The quantitative estimate of drug-likeness (QED) is 0.805. The maximum Gasteiger partial charge on any atom is 0.182 e. The molecule has 3 aliphatic heterocycles. The van der Waals surface area contributed by atoms with Crippen LogP contribution in [-0.4, -0.2) is 35.3 Å². The lowest BCUT2D eigenvalue weighted by Gasteiger charge is -2.51. The summed E-state index contributed by atoms with van der Waals surface area (Å²) in [6.07, 6.45) is 5.45. The Labute approximate surface area is 171 Å². The van der Waals surface area contributed by atoms with Gasteiger partial charge in [0.15, 0.2) is 5.72 Å². The minimum Gasteiger partial charge on any atom is -0.470 e. The van der Waals surface area contributed by atoms with Gasteiger partial charge in [-0.05, 0) is 31.2 Å². The van der Waals surface area contributed by atoms with Crippen LogP contribution in [0.2, 0.25) is 5.02 Å². The molecule has 28 heavy (non-hydrogen) atoms. The van der Waals surface area contributed by atoms with Crippen molar-refractivity contribution < 1.29 is 4.74 Å². The lowest BCUT2D eigenvalue weighted by Crippen LogP contribution is -2.63. The van der Waals surface area contributed by atoms with Gasteiger partial charge in [0.25, 0.3) is 0 Å². The number of halogens is 1. The van der Waals surface area contributed by atoms with E-state index in [2.05, 4.69) is 58.7 Å². The summed E-state index contributed by atoms with van der Waals surface area (Å²) >= 11 is 6.50. The Morgan fingerprint density at radius 1 is 1.11 bits per heavy atom. The molecule has 0 saturated carbocycles. The van der Waals surface area contributed by atoms with Crippen LogP contribution in [0, 0.1) is 0 Å². The number of rotatable bonds is 3. The molecular weight excluding hydrogens is 370 g/mol. The van der Waals surface area contributed by atoms with Crippen LogP contribution in [0.3, 0.4) is 0 Å². The van der Waals surface area contributed by atoms with Crippen LogP contribution in [0.15, 0.2) is 54.6 Å². The second-order valence-corrected chi connectivity index (χ2v) is 8.32. The number of hydrogen-bond acceptors (Lipinski definition) is 4. The highest BCUT2D eigenvalue weighted by atomic mass is 35.5. The smallest absolute Gasteiger partial charge is 0.182 e. The van der Waals surface area contributed by atoms with E-state index in [0.717, 1.165) is 54.5 Å². The summed E-state index contributed by atoms with van der Waals surface area (Å²) in [5.74, 6) is 1.01. The molecule has 2 aromatic rings. The van der Waals surface area contributed by atoms with Crippen LogP contribution in [0.25, 0.3) is 5.70 Å². The van der Waals surface area contributed by atoms with E-state index in [1.54, 1.807) is 0 Å². The molecule has 0 aromatic heterocycles. The number of piperidine rings is 1. The molecule has 4 nitrogen and oxygen atoms in total. The molecule has 0 bridgehead atoms. The third-order valence-corrected chi connectivity index (χ3v) is 6.49. The molecule has 1 saturated heterocycles. The zero-order valence-electron chi connectivity index (χ0n) is 16.2. The Morgan fingerprint density at radius 2 is 1.86 bits per heavy atom. The van der Waals surface area contributed by atoms with E-state index in [0.29, 0.717) is 0 Å². The van der Waals surface area contributed by atoms with Crippen molar-refractivity contribution >= 4 is 17.3 Å². The number of likely N-dealkylation sites (tertiary alicyclic amines) is 1. The van der Waals surface area contributed by atoms with Gasteiger partial charge in [0.1, 0.15) is 5.75 Å². The van der Waals surface area contributed by atoms with E-state index in [-0.39, 0.29) is 11.8 Å². The molecule has 0 radical (unpaired) electrons. The number of para-hydroxylation sites is 1. The minimum absolute atomic E-state index is 0.147. The highest BCUT2D eigenvalue weighted by Crippen LogP contribution is 2.48. The molecule has 1 atom stereocenters. The van der Waals surface area contributed by atoms with Crippen LogP contribution < -0.4 is 10.2 Å². The molecule has 2 aromatic carbocycles. The highest BCUT2D eigenvalue weighted by Gasteiger charge is 2.51. The highest BCUT2D eigenvalue weighted by molar-refractivity contribution is 6.32. The normalized spacial score (nSPS) is 23.5. The summed E-state index contributed by atoms with van der Waals surface area (Å²) in [5.41, 5.74) is 6.64. The fraction of sp³-hybridized carbons (Fsp3) is 0.391. The fourth-order valence-corrected chi connectivity index (χ4v) is 4.98. The van der Waals surface area contributed by atoms with Gasteiger partial charge in [0.05, 0.1) is 11.7 Å². The van der Waals surface area contributed by atoms with E-state index in [9.17, 15) is 0 Å². The molecule has 5 heteroatoms. The largest absolute Gasteiger partial charge is 0.470 e. The van der Waals surface area contributed by atoms with Gasteiger partial charge in [0, 0.05) is 42.1 Å². The summed E-state index contributed by atoms with van der Waals surface area (Å²) in [4.78, 5) is 2.54. The summed E-state index contributed by atoms with van der Waals surface area (Å²) in [6.45, 7) is 5.52. The SMILES string of the molecule is CCCN1CCC2(CC1)Oc1ccccc1[C@H]1C=C(c3ccccc3Cl)NN12. The number of hydrogen-bond donors (Lipinski definition) is 1. The van der Waals surface area contributed by atoms with Crippen molar-refractivity contribution in [3.05, 3.63) is 70.8 Å². The van der Waals surface area contributed by atoms with Gasteiger partial charge in [-0.3, -0.25) is 0 Å². The molecular formula is C23H26ClN3O. The van der Waals surface area contributed by atoms with Crippen molar-refractivity contribution in [2.24, 2.45) is 0 Å². The Balaban J connectivity index is 1.52. The van der Waals surface area contributed by atoms with Crippen molar-refractivity contribution in [2.75, 3.05) is 19.6 Å². The number of ether oxygens (including phenoxy) is 1. The predicted molar refractivity (Wildman–Crippen MR) is 113 cm³/mol. The van der Waals surface area contributed by atoms with Crippen molar-refractivity contribution in [2.45, 2.75) is 38.0 Å². The Morgan fingerprint density at radius 3 is 2.64 bits per heavy atom. The van der Waals surface area contributed by atoms with Crippen LogP contribution in [0.1, 0.15) is 43.4 Å². The van der Waals surface area contributed by atoms with Crippen molar-refractivity contribution in [3.8, 4) is 5.75 Å². The average molecular weight is 396 g/mol. The van der Waals surface area contributed by atoms with E-state index in [4.69, 9.17) is 16.3 Å². The van der Waals surface area contributed by atoms with Crippen LogP contribution in [-0.2, 0) is 0 Å². The molecule has 1 spiro atoms. The summed E-state index contributed by atoms with van der Waals surface area (Å²) in [6, 6.07) is 16.6. The van der Waals surface area contributed by atoms with Gasteiger partial charge in [0.2, 0.25) is 0 Å². The number of hydrazine groups is 1. The van der Waals surface area contributed by atoms with Gasteiger partial charge < -0.3 is 15.1 Å². The second-order valence-electron chi connectivity index (χ2n) is 7.91. The molecule has 3 heterocycles. The molecule has 1 fully saturated rings. The van der Waals surface area contributed by atoms with E-state index in [1.807, 2.05) is 18.2 Å². The Hall–Kier alpha value is -2.01. The Kier molecular flexibility index (Phi) is 4.58. The third kappa shape index (κ3) is 2.91. The molecule has 146 valence electrons. The third-order valence-electron chi connectivity index (χ3n) is 6.16. The van der Waals surface area contributed by atoms with Gasteiger partial charge >= 0.3 is 0 Å². The zero-order chi connectivity index (χ0) is 19.1. The number of benzene rings is 2. The second kappa shape index (κ2) is 7.11. The summed E-state index contributed by atoms with van der Waals surface area (Å²) in [5, 5.41) is 3.10. The van der Waals surface area contributed by atoms with Crippen LogP contribution in [0.5, 0.6) is 5.75 Å². The van der Waals surface area contributed by atoms with Crippen molar-refractivity contribution in [1.82, 2.24) is 15.3 Å². The standard InChI is InChI=1S/C23H26ClN3O/c1-2-13-26-14-11-23(12-15-26)27-21(18-8-4-6-10-22(18)28-23)16-20(25-27)17-7-3-5-9-19(17)24/h3-10,16,21,25H,2,11-15H2,1H3/t21-/m1/s1. The van der Waals surface area contributed by atoms with Crippen LogP contribution >= 0.6 is 11.6 Å². The zero-order valence-corrected chi connectivity index (χ0v) is 17.0. The first-order valence-corrected chi connectivity index (χ1v) is 10.6. The monoisotopic (exact) mass is 395 g/mol. The van der Waals surface area contributed by atoms with Crippen molar-refractivity contribution in [3.63, 3.8) is 0 Å². The molecule has 0 unspecified atom stereocenters. The first-order chi connectivity index (χ1) is 13.7. The van der Waals surface area contributed by atoms with E-state index >= 15 is 0 Å². The van der Waals surface area contributed by atoms with E-state index < -0.39 is 0 Å². The first kappa shape index (κ1) is 18.0. The summed E-state index contributed by atoms with van der Waals surface area (Å²) < 4.78 is 6.69. The van der Waals surface area contributed by atoms with Gasteiger partial charge in [-0.25, -0.2) is 0 Å². The lowest BCUT2D eigenvalue weighted by atomic mass is 9.92. The topological polar surface area (TPSA) is 27.7 Å². The summed E-state index contributed by atoms with van der Waals surface area (Å²) in [7, 11) is 0. The number of nitrogens with zero attached hydrogens (tertiary/aromatic N) is 2. The van der Waals surface area contributed by atoms with Gasteiger partial charge in [-0.1, -0.05) is 54.9 Å².